The van der Waals surface area contributed by atoms with Crippen molar-refractivity contribution in [2.45, 2.75) is 30.3 Å². The first-order valence-electron chi connectivity index (χ1n) is 6.32. The van der Waals surface area contributed by atoms with Crippen molar-refractivity contribution in [2.75, 3.05) is 12.8 Å². The van der Waals surface area contributed by atoms with Crippen LogP contribution in [0.1, 0.15) is 24.9 Å². The molecule has 0 spiro atoms. The first-order valence-corrected chi connectivity index (χ1v) is 8.21. The van der Waals surface area contributed by atoms with Gasteiger partial charge in [0, 0.05) is 18.8 Å². The van der Waals surface area contributed by atoms with Crippen LogP contribution < -0.4 is 10.6 Å². The van der Waals surface area contributed by atoms with E-state index in [1.807, 2.05) is 0 Å². The Labute approximate surface area is 117 Å². The average molecular weight is 300 g/mol. The van der Waals surface area contributed by atoms with Crippen molar-refractivity contribution >= 4 is 15.7 Å². The molecule has 5 nitrogen and oxygen atoms in total. The lowest BCUT2D eigenvalue weighted by molar-refractivity contribution is -0.121. The fraction of sp³-hybridized carbons (Fsp3) is 0.462. The molecule has 20 heavy (non-hydrogen) atoms. The normalized spacial score (nSPS) is 20.8. The van der Waals surface area contributed by atoms with E-state index in [2.05, 4.69) is 10.6 Å². The van der Waals surface area contributed by atoms with E-state index in [1.54, 1.807) is 13.0 Å². The Morgan fingerprint density at radius 2 is 2.15 bits per heavy atom. The fourth-order valence-electron chi connectivity index (χ4n) is 2.24. The number of rotatable bonds is 4. The molecule has 7 heteroatoms. The van der Waals surface area contributed by atoms with Gasteiger partial charge in [0.05, 0.1) is 6.04 Å². The maximum Gasteiger partial charge on any atom is 0.237 e. The maximum absolute atomic E-state index is 13.8. The van der Waals surface area contributed by atoms with Crippen LogP contribution in [0, 0.1) is 5.82 Å². The summed E-state index contributed by atoms with van der Waals surface area (Å²) in [6.45, 7) is 2.44. The second-order valence-corrected chi connectivity index (χ2v) is 6.97. The summed E-state index contributed by atoms with van der Waals surface area (Å²) < 4.78 is 36.5. The molecule has 0 bridgehead atoms. The van der Waals surface area contributed by atoms with Crippen molar-refractivity contribution in [3.63, 3.8) is 0 Å². The summed E-state index contributed by atoms with van der Waals surface area (Å²) >= 11 is 0. The fourth-order valence-corrected chi connectivity index (χ4v) is 2.97. The minimum absolute atomic E-state index is 0.0647. The molecule has 0 unspecified atom stereocenters. The van der Waals surface area contributed by atoms with E-state index < -0.39 is 15.7 Å². The Balaban J connectivity index is 2.17. The summed E-state index contributed by atoms with van der Waals surface area (Å²) in [5.74, 6) is -0.834. The zero-order valence-electron chi connectivity index (χ0n) is 11.3. The molecule has 1 aromatic carbocycles. The summed E-state index contributed by atoms with van der Waals surface area (Å²) in [6.07, 6.45) is 1.66. The topological polar surface area (TPSA) is 75.3 Å². The lowest BCUT2D eigenvalue weighted by Gasteiger charge is -2.18. The van der Waals surface area contributed by atoms with Crippen LogP contribution in [0.3, 0.4) is 0 Å². The first-order chi connectivity index (χ1) is 9.29. The molecule has 1 aliphatic heterocycles. The summed E-state index contributed by atoms with van der Waals surface area (Å²) in [4.78, 5) is 11.2. The van der Waals surface area contributed by atoms with Crippen LogP contribution in [0.15, 0.2) is 23.1 Å². The van der Waals surface area contributed by atoms with Gasteiger partial charge in [0.2, 0.25) is 5.91 Å². The van der Waals surface area contributed by atoms with Crippen molar-refractivity contribution in [3.05, 3.63) is 29.6 Å². The molecule has 1 aromatic rings. The summed E-state index contributed by atoms with van der Waals surface area (Å²) in [5, 5.41) is 5.81. The van der Waals surface area contributed by atoms with Gasteiger partial charge in [0.1, 0.15) is 10.7 Å². The van der Waals surface area contributed by atoms with Gasteiger partial charge < -0.3 is 5.32 Å². The molecule has 0 aromatic heterocycles. The van der Waals surface area contributed by atoms with Crippen molar-refractivity contribution in [1.82, 2.24) is 10.6 Å². The second kappa shape index (κ2) is 5.49. The molecule has 1 amide bonds. The quantitative estimate of drug-likeness (QED) is 0.861. The van der Waals surface area contributed by atoms with Crippen LogP contribution in [-0.4, -0.2) is 33.2 Å². The zero-order valence-corrected chi connectivity index (χ0v) is 12.1. The summed E-state index contributed by atoms with van der Waals surface area (Å²) in [6, 6.07) is 3.48. The highest BCUT2D eigenvalue weighted by molar-refractivity contribution is 7.90. The molecule has 2 N–H and O–H groups in total. The predicted molar refractivity (Wildman–Crippen MR) is 72.5 cm³/mol. The number of carbonyl (C=O) groups excluding carboxylic acids is 1. The van der Waals surface area contributed by atoms with E-state index in [0.717, 1.165) is 6.26 Å². The van der Waals surface area contributed by atoms with Gasteiger partial charge in [-0.3, -0.25) is 10.1 Å². The number of benzene rings is 1. The highest BCUT2D eigenvalue weighted by Crippen LogP contribution is 2.21. The number of carbonyl (C=O) groups is 1. The predicted octanol–water partition coefficient (Wildman–Crippen LogP) is 0.768. The van der Waals surface area contributed by atoms with E-state index in [9.17, 15) is 17.6 Å². The average Bonchev–Trinajstić information content (AvgIpc) is 2.73. The minimum atomic E-state index is -3.57. The van der Waals surface area contributed by atoms with Crippen molar-refractivity contribution < 1.29 is 17.6 Å². The number of halogens is 1. The standard InChI is InChI=1S/C13H17FN2O3S/c1-8(16-11-5-6-15-13(11)17)9-3-4-12(10(14)7-9)20(2,18)19/h3-4,7-8,11,16H,5-6H2,1-2H3,(H,15,17)/t8-,11+/m0/s1. The van der Waals surface area contributed by atoms with Gasteiger partial charge in [-0.1, -0.05) is 6.07 Å². The molecular formula is C13H17FN2O3S. The third kappa shape index (κ3) is 3.16. The van der Waals surface area contributed by atoms with Gasteiger partial charge >= 0.3 is 0 Å². The highest BCUT2D eigenvalue weighted by Gasteiger charge is 2.26. The Bertz CT molecular complexity index is 631. The van der Waals surface area contributed by atoms with Crippen LogP contribution in [0.25, 0.3) is 0 Å². The Morgan fingerprint density at radius 3 is 2.65 bits per heavy atom. The Morgan fingerprint density at radius 1 is 1.45 bits per heavy atom. The molecule has 0 aliphatic carbocycles. The minimum Gasteiger partial charge on any atom is -0.355 e. The van der Waals surface area contributed by atoms with Crippen molar-refractivity contribution in [1.29, 1.82) is 0 Å². The summed E-state index contributed by atoms with van der Waals surface area (Å²) in [7, 11) is -3.57. The van der Waals surface area contributed by atoms with Gasteiger partial charge in [-0.05, 0) is 31.0 Å². The van der Waals surface area contributed by atoms with Gasteiger partial charge in [-0.15, -0.1) is 0 Å². The molecule has 110 valence electrons. The third-order valence-corrected chi connectivity index (χ3v) is 4.49. The van der Waals surface area contributed by atoms with Crippen LogP contribution in [0.5, 0.6) is 0 Å². The van der Waals surface area contributed by atoms with Crippen LogP contribution in [0.4, 0.5) is 4.39 Å². The number of amides is 1. The van der Waals surface area contributed by atoms with E-state index >= 15 is 0 Å². The highest BCUT2D eigenvalue weighted by atomic mass is 32.2. The lowest BCUT2D eigenvalue weighted by atomic mass is 10.1. The molecule has 2 atom stereocenters. The number of sulfone groups is 1. The zero-order chi connectivity index (χ0) is 14.9. The lowest BCUT2D eigenvalue weighted by Crippen LogP contribution is -2.37. The summed E-state index contributed by atoms with van der Waals surface area (Å²) in [5.41, 5.74) is 0.606. The van der Waals surface area contributed by atoms with Crippen LogP contribution >= 0.6 is 0 Å². The van der Waals surface area contributed by atoms with Gasteiger partial charge in [-0.2, -0.15) is 0 Å². The number of hydrogen-bond acceptors (Lipinski definition) is 4. The van der Waals surface area contributed by atoms with E-state index in [1.165, 1.54) is 12.1 Å². The third-order valence-electron chi connectivity index (χ3n) is 3.36. The van der Waals surface area contributed by atoms with Crippen LogP contribution in [-0.2, 0) is 14.6 Å². The second-order valence-electron chi connectivity index (χ2n) is 4.98. The molecule has 0 saturated carbocycles. The monoisotopic (exact) mass is 300 g/mol. The van der Waals surface area contributed by atoms with Crippen molar-refractivity contribution in [3.8, 4) is 0 Å². The SMILES string of the molecule is C[C@H](N[C@@H]1CCNC1=O)c1ccc(S(C)(=O)=O)c(F)c1. The largest absolute Gasteiger partial charge is 0.355 e. The number of nitrogens with one attached hydrogen (secondary N) is 2. The van der Waals surface area contributed by atoms with Gasteiger partial charge in [-0.25, -0.2) is 12.8 Å². The van der Waals surface area contributed by atoms with Crippen molar-refractivity contribution in [2.24, 2.45) is 0 Å². The molecular weight excluding hydrogens is 283 g/mol. The molecule has 1 heterocycles. The molecule has 0 radical (unpaired) electrons. The maximum atomic E-state index is 13.8. The molecule has 1 fully saturated rings. The Kier molecular flexibility index (Phi) is 4.10. The van der Waals surface area contributed by atoms with Gasteiger partial charge in [0.15, 0.2) is 9.84 Å². The van der Waals surface area contributed by atoms with Crippen LogP contribution in [0.2, 0.25) is 0 Å². The van der Waals surface area contributed by atoms with Gasteiger partial charge in [0.25, 0.3) is 0 Å². The Hall–Kier alpha value is -1.47. The van der Waals surface area contributed by atoms with E-state index in [0.29, 0.717) is 18.5 Å². The smallest absolute Gasteiger partial charge is 0.237 e. The molecule has 1 saturated heterocycles. The molecule has 2 rings (SSSR count). The molecule has 1 aliphatic rings. The van der Waals surface area contributed by atoms with E-state index in [4.69, 9.17) is 0 Å². The number of hydrogen-bond donors (Lipinski definition) is 2. The van der Waals surface area contributed by atoms with E-state index in [-0.39, 0.29) is 22.9 Å². The first kappa shape index (κ1) is 14.9.